The van der Waals surface area contributed by atoms with Gasteiger partial charge in [0.15, 0.2) is 5.82 Å². The van der Waals surface area contributed by atoms with Crippen LogP contribution < -0.4 is 9.64 Å². The zero-order valence-corrected chi connectivity index (χ0v) is 14.9. The molecule has 8 heteroatoms. The van der Waals surface area contributed by atoms with E-state index in [0.29, 0.717) is 37.9 Å². The molecule has 0 spiro atoms. The van der Waals surface area contributed by atoms with Crippen molar-refractivity contribution in [1.29, 1.82) is 0 Å². The van der Waals surface area contributed by atoms with Gasteiger partial charge in [-0.2, -0.15) is 0 Å². The standard InChI is InChI=1S/C18H23N5O3/c1-21-7-2-3-15(21)18(24)23-8-4-14(13-23)26-17-16(19-5-6-20-17)22-9-11-25-12-10-22/h2-3,5-7,14H,4,8-13H2,1H3. The maximum Gasteiger partial charge on any atom is 0.270 e. The summed E-state index contributed by atoms with van der Waals surface area (Å²) in [5, 5.41) is 0. The van der Waals surface area contributed by atoms with Gasteiger partial charge in [0.2, 0.25) is 0 Å². The molecule has 1 unspecified atom stereocenters. The van der Waals surface area contributed by atoms with Crippen molar-refractivity contribution in [3.8, 4) is 5.88 Å². The van der Waals surface area contributed by atoms with Crippen LogP contribution in [0.3, 0.4) is 0 Å². The number of rotatable bonds is 4. The Balaban J connectivity index is 1.43. The smallest absolute Gasteiger partial charge is 0.270 e. The lowest BCUT2D eigenvalue weighted by molar-refractivity contribution is 0.0761. The van der Waals surface area contributed by atoms with Gasteiger partial charge in [-0.15, -0.1) is 0 Å². The van der Waals surface area contributed by atoms with Crippen LogP contribution in [0.2, 0.25) is 0 Å². The molecule has 4 rings (SSSR count). The van der Waals surface area contributed by atoms with Crippen LogP contribution in [0.25, 0.3) is 0 Å². The Labute approximate surface area is 152 Å². The molecule has 0 saturated carbocycles. The molecule has 2 saturated heterocycles. The SMILES string of the molecule is Cn1cccc1C(=O)N1CCC(Oc2nccnc2N2CCOCC2)C1. The number of anilines is 1. The maximum absolute atomic E-state index is 12.6. The average molecular weight is 357 g/mol. The first-order valence-corrected chi connectivity index (χ1v) is 8.93. The van der Waals surface area contributed by atoms with E-state index in [2.05, 4.69) is 14.9 Å². The Morgan fingerprint density at radius 1 is 1.23 bits per heavy atom. The van der Waals surface area contributed by atoms with Gasteiger partial charge in [0.25, 0.3) is 11.8 Å². The molecule has 8 nitrogen and oxygen atoms in total. The van der Waals surface area contributed by atoms with Gasteiger partial charge >= 0.3 is 0 Å². The number of likely N-dealkylation sites (tertiary alicyclic amines) is 1. The fraction of sp³-hybridized carbons (Fsp3) is 0.500. The number of ether oxygens (including phenoxy) is 2. The van der Waals surface area contributed by atoms with Gasteiger partial charge in [-0.25, -0.2) is 9.97 Å². The van der Waals surface area contributed by atoms with E-state index in [0.717, 1.165) is 25.3 Å². The Kier molecular flexibility index (Phi) is 4.75. The van der Waals surface area contributed by atoms with Crippen LogP contribution in [0.1, 0.15) is 16.9 Å². The van der Waals surface area contributed by atoms with Crippen molar-refractivity contribution in [1.82, 2.24) is 19.4 Å². The van der Waals surface area contributed by atoms with E-state index in [1.165, 1.54) is 0 Å². The molecule has 2 fully saturated rings. The average Bonchev–Trinajstić information content (AvgIpc) is 3.31. The van der Waals surface area contributed by atoms with Crippen molar-refractivity contribution in [3.63, 3.8) is 0 Å². The van der Waals surface area contributed by atoms with Crippen molar-refractivity contribution in [2.75, 3.05) is 44.3 Å². The van der Waals surface area contributed by atoms with Crippen molar-refractivity contribution in [3.05, 3.63) is 36.4 Å². The summed E-state index contributed by atoms with van der Waals surface area (Å²) >= 11 is 0. The summed E-state index contributed by atoms with van der Waals surface area (Å²) < 4.78 is 13.4. The molecule has 2 aliphatic heterocycles. The summed E-state index contributed by atoms with van der Waals surface area (Å²) in [7, 11) is 1.88. The number of aryl methyl sites for hydroxylation is 1. The Hall–Kier alpha value is -2.61. The lowest BCUT2D eigenvalue weighted by atomic mass is 10.3. The fourth-order valence-electron chi connectivity index (χ4n) is 3.41. The van der Waals surface area contributed by atoms with Gasteiger partial charge in [0.05, 0.1) is 19.8 Å². The molecule has 0 aliphatic carbocycles. The monoisotopic (exact) mass is 357 g/mol. The third-order valence-corrected chi connectivity index (χ3v) is 4.83. The fourth-order valence-corrected chi connectivity index (χ4v) is 3.41. The largest absolute Gasteiger partial charge is 0.470 e. The van der Waals surface area contributed by atoms with Gasteiger partial charge in [-0.05, 0) is 12.1 Å². The van der Waals surface area contributed by atoms with Crippen LogP contribution in [0.15, 0.2) is 30.7 Å². The van der Waals surface area contributed by atoms with Gasteiger partial charge in [-0.3, -0.25) is 4.79 Å². The lowest BCUT2D eigenvalue weighted by Gasteiger charge is -2.29. The third-order valence-electron chi connectivity index (χ3n) is 4.83. The molecule has 2 aliphatic rings. The lowest BCUT2D eigenvalue weighted by Crippen LogP contribution is -2.37. The highest BCUT2D eigenvalue weighted by atomic mass is 16.5. The van der Waals surface area contributed by atoms with Crippen LogP contribution in [0.4, 0.5) is 5.82 Å². The molecule has 1 amide bonds. The first-order chi connectivity index (χ1) is 12.7. The second kappa shape index (κ2) is 7.33. The van der Waals surface area contributed by atoms with E-state index >= 15 is 0 Å². The number of nitrogens with zero attached hydrogens (tertiary/aromatic N) is 5. The zero-order chi connectivity index (χ0) is 17.9. The summed E-state index contributed by atoms with van der Waals surface area (Å²) in [4.78, 5) is 25.4. The van der Waals surface area contributed by atoms with E-state index in [1.807, 2.05) is 34.8 Å². The minimum atomic E-state index is -0.0734. The topological polar surface area (TPSA) is 72.7 Å². The van der Waals surface area contributed by atoms with Crippen LogP contribution in [0.5, 0.6) is 5.88 Å². The zero-order valence-electron chi connectivity index (χ0n) is 14.9. The van der Waals surface area contributed by atoms with Crippen LogP contribution >= 0.6 is 0 Å². The summed E-state index contributed by atoms with van der Waals surface area (Å²) in [6.45, 7) is 4.15. The van der Waals surface area contributed by atoms with E-state index in [4.69, 9.17) is 9.47 Å². The van der Waals surface area contributed by atoms with Crippen molar-refractivity contribution < 1.29 is 14.3 Å². The van der Waals surface area contributed by atoms with E-state index in [-0.39, 0.29) is 12.0 Å². The number of carbonyl (C=O) groups excluding carboxylic acids is 1. The molecule has 2 aromatic rings. The first kappa shape index (κ1) is 16.8. The second-order valence-corrected chi connectivity index (χ2v) is 6.57. The second-order valence-electron chi connectivity index (χ2n) is 6.57. The molecular formula is C18H23N5O3. The minimum Gasteiger partial charge on any atom is -0.470 e. The Morgan fingerprint density at radius 3 is 2.81 bits per heavy atom. The van der Waals surface area contributed by atoms with Crippen LogP contribution in [0, 0.1) is 0 Å². The predicted molar refractivity (Wildman–Crippen MR) is 95.4 cm³/mol. The third kappa shape index (κ3) is 3.37. The first-order valence-electron chi connectivity index (χ1n) is 8.93. The molecule has 0 radical (unpaired) electrons. The highest BCUT2D eigenvalue weighted by molar-refractivity contribution is 5.93. The molecule has 26 heavy (non-hydrogen) atoms. The number of aromatic nitrogens is 3. The van der Waals surface area contributed by atoms with Crippen LogP contribution in [-0.2, 0) is 11.8 Å². The summed E-state index contributed by atoms with van der Waals surface area (Å²) in [5.74, 6) is 1.33. The van der Waals surface area contributed by atoms with Gasteiger partial charge in [0.1, 0.15) is 11.8 Å². The van der Waals surface area contributed by atoms with Gasteiger partial charge in [-0.1, -0.05) is 0 Å². The Morgan fingerprint density at radius 2 is 2.04 bits per heavy atom. The highest BCUT2D eigenvalue weighted by Crippen LogP contribution is 2.26. The number of amides is 1. The summed E-state index contributed by atoms with van der Waals surface area (Å²) in [6.07, 6.45) is 5.91. The van der Waals surface area contributed by atoms with E-state index in [1.54, 1.807) is 12.4 Å². The maximum atomic E-state index is 12.6. The molecular weight excluding hydrogens is 334 g/mol. The summed E-state index contributed by atoms with van der Waals surface area (Å²) in [5.41, 5.74) is 0.694. The molecule has 0 aromatic carbocycles. The quantitative estimate of drug-likeness (QED) is 0.811. The number of carbonyl (C=O) groups is 1. The van der Waals surface area contributed by atoms with Crippen molar-refractivity contribution in [2.24, 2.45) is 7.05 Å². The molecule has 2 aromatic heterocycles. The number of hydrogen-bond donors (Lipinski definition) is 0. The van der Waals surface area contributed by atoms with E-state index < -0.39 is 0 Å². The number of morpholine rings is 1. The van der Waals surface area contributed by atoms with E-state index in [9.17, 15) is 4.79 Å². The molecule has 1 atom stereocenters. The molecule has 138 valence electrons. The predicted octanol–water partition coefficient (Wildman–Crippen LogP) is 0.945. The summed E-state index contributed by atoms with van der Waals surface area (Å²) in [6, 6.07) is 3.72. The Bertz CT molecular complexity index is 772. The molecule has 0 N–H and O–H groups in total. The van der Waals surface area contributed by atoms with Crippen molar-refractivity contribution >= 4 is 11.7 Å². The number of hydrogen-bond acceptors (Lipinski definition) is 6. The molecule has 4 heterocycles. The van der Waals surface area contributed by atoms with Crippen LogP contribution in [-0.4, -0.2) is 70.8 Å². The minimum absolute atomic E-state index is 0.0381. The normalized spacial score (nSPS) is 20.4. The van der Waals surface area contributed by atoms with Gasteiger partial charge in [0, 0.05) is 51.7 Å². The highest BCUT2D eigenvalue weighted by Gasteiger charge is 2.30. The molecule has 0 bridgehead atoms. The van der Waals surface area contributed by atoms with Crippen molar-refractivity contribution in [2.45, 2.75) is 12.5 Å². The van der Waals surface area contributed by atoms with Gasteiger partial charge < -0.3 is 23.8 Å².